The molecule has 1 heterocycles. The number of piperidine rings is 1. The Morgan fingerprint density at radius 3 is 2.68 bits per heavy atom. The number of methoxy groups -OCH3 is 1. The highest BCUT2D eigenvalue weighted by molar-refractivity contribution is 6.30. The third-order valence-electron chi connectivity index (χ3n) is 4.51. The first kappa shape index (κ1) is 19.7. The van der Waals surface area contributed by atoms with Gasteiger partial charge in [0.05, 0.1) is 12.5 Å². The van der Waals surface area contributed by atoms with Crippen molar-refractivity contribution in [2.45, 2.75) is 32.7 Å². The molecule has 138 valence electrons. The van der Waals surface area contributed by atoms with E-state index in [4.69, 9.17) is 16.3 Å². The smallest absolute Gasteiger partial charge is 0.227 e. The summed E-state index contributed by atoms with van der Waals surface area (Å²) in [5.41, 5.74) is 1.02. The predicted octanol–water partition coefficient (Wildman–Crippen LogP) is 2.96. The van der Waals surface area contributed by atoms with Crippen LogP contribution in [0, 0.1) is 5.92 Å². The Morgan fingerprint density at radius 2 is 2.04 bits per heavy atom. The van der Waals surface area contributed by atoms with Crippen molar-refractivity contribution in [2.75, 3.05) is 33.4 Å². The summed E-state index contributed by atoms with van der Waals surface area (Å²) in [5, 5.41) is 0.676. The first-order chi connectivity index (χ1) is 12.0. The summed E-state index contributed by atoms with van der Waals surface area (Å²) < 4.78 is 5.11. The second-order valence-electron chi connectivity index (χ2n) is 6.45. The molecular formula is C19H27ClN2O3. The van der Waals surface area contributed by atoms with Crippen molar-refractivity contribution in [2.24, 2.45) is 5.92 Å². The fourth-order valence-electron chi connectivity index (χ4n) is 3.14. The van der Waals surface area contributed by atoms with Crippen LogP contribution in [0.5, 0.6) is 0 Å². The summed E-state index contributed by atoms with van der Waals surface area (Å²) in [5.74, 6) is 0.110. The van der Waals surface area contributed by atoms with Crippen LogP contribution < -0.4 is 0 Å². The van der Waals surface area contributed by atoms with Crippen molar-refractivity contribution in [1.29, 1.82) is 0 Å². The molecule has 1 aliphatic rings. The maximum atomic E-state index is 12.9. The molecule has 1 fully saturated rings. The minimum absolute atomic E-state index is 0.109. The Morgan fingerprint density at radius 1 is 1.32 bits per heavy atom. The van der Waals surface area contributed by atoms with Gasteiger partial charge in [0.1, 0.15) is 0 Å². The van der Waals surface area contributed by atoms with Crippen molar-refractivity contribution >= 4 is 23.4 Å². The zero-order chi connectivity index (χ0) is 18.2. The van der Waals surface area contributed by atoms with Gasteiger partial charge in [-0.05, 0) is 30.5 Å². The van der Waals surface area contributed by atoms with Crippen molar-refractivity contribution in [3.05, 3.63) is 34.9 Å². The lowest BCUT2D eigenvalue weighted by Crippen LogP contribution is -2.47. The summed E-state index contributed by atoms with van der Waals surface area (Å²) in [4.78, 5) is 28.8. The first-order valence-corrected chi connectivity index (χ1v) is 9.22. The highest BCUT2D eigenvalue weighted by Gasteiger charge is 2.32. The van der Waals surface area contributed by atoms with Crippen LogP contribution >= 0.6 is 11.6 Å². The van der Waals surface area contributed by atoms with Gasteiger partial charge >= 0.3 is 0 Å². The lowest BCUT2D eigenvalue weighted by atomic mass is 9.95. The third-order valence-corrected chi connectivity index (χ3v) is 4.76. The number of likely N-dealkylation sites (tertiary alicyclic amines) is 1. The molecule has 0 spiro atoms. The maximum absolute atomic E-state index is 12.9. The average Bonchev–Trinajstić information content (AvgIpc) is 2.62. The molecule has 0 bridgehead atoms. The Kier molecular flexibility index (Phi) is 7.72. The fourth-order valence-corrected chi connectivity index (χ4v) is 3.27. The van der Waals surface area contributed by atoms with Crippen LogP contribution in [0.1, 0.15) is 31.7 Å². The molecule has 0 saturated carbocycles. The molecule has 5 nitrogen and oxygen atoms in total. The van der Waals surface area contributed by atoms with Crippen LogP contribution in [0.25, 0.3) is 0 Å². The summed E-state index contributed by atoms with van der Waals surface area (Å²) in [6, 6.07) is 7.48. The molecule has 0 aliphatic carbocycles. The number of carbonyl (C=O) groups is 2. The van der Waals surface area contributed by atoms with Crippen molar-refractivity contribution in [3.63, 3.8) is 0 Å². The van der Waals surface area contributed by atoms with Crippen molar-refractivity contribution in [1.82, 2.24) is 9.80 Å². The Hall–Kier alpha value is -1.59. The van der Waals surface area contributed by atoms with E-state index in [1.165, 1.54) is 0 Å². The predicted molar refractivity (Wildman–Crippen MR) is 98.3 cm³/mol. The monoisotopic (exact) mass is 366 g/mol. The quantitative estimate of drug-likeness (QED) is 0.710. The number of rotatable bonds is 8. The van der Waals surface area contributed by atoms with Crippen LogP contribution in [0.2, 0.25) is 5.02 Å². The van der Waals surface area contributed by atoms with Crippen LogP contribution in [0.4, 0.5) is 0 Å². The van der Waals surface area contributed by atoms with E-state index in [1.54, 1.807) is 12.0 Å². The Labute approximate surface area is 154 Å². The van der Waals surface area contributed by atoms with Gasteiger partial charge in [0.25, 0.3) is 0 Å². The maximum Gasteiger partial charge on any atom is 0.227 e. The minimum atomic E-state index is -0.131. The molecule has 0 N–H and O–H groups in total. The standard InChI is InChI=1S/C19H27ClN2O3/c1-3-10-21(11-12-25-2)19(24)16-6-9-18(23)22(14-16)13-15-4-7-17(20)8-5-15/h4-5,7-8,16H,3,6,9-14H2,1-2H3/t16-/m0/s1. The van der Waals surface area contributed by atoms with E-state index < -0.39 is 0 Å². The van der Waals surface area contributed by atoms with Gasteiger partial charge in [0.15, 0.2) is 0 Å². The van der Waals surface area contributed by atoms with Gasteiger partial charge in [-0.25, -0.2) is 0 Å². The lowest BCUT2D eigenvalue weighted by molar-refractivity contribution is -0.144. The molecule has 1 aliphatic heterocycles. The SMILES string of the molecule is CCCN(CCOC)C(=O)[C@H]1CCC(=O)N(Cc2ccc(Cl)cc2)C1. The summed E-state index contributed by atoms with van der Waals surface area (Å²) in [6.07, 6.45) is 1.96. The van der Waals surface area contributed by atoms with Crippen molar-refractivity contribution in [3.8, 4) is 0 Å². The van der Waals surface area contributed by atoms with E-state index in [-0.39, 0.29) is 17.7 Å². The van der Waals surface area contributed by atoms with Crippen LogP contribution in [0.3, 0.4) is 0 Å². The number of amides is 2. The molecule has 6 heteroatoms. The molecule has 0 aromatic heterocycles. The number of benzene rings is 1. The first-order valence-electron chi connectivity index (χ1n) is 8.85. The van der Waals surface area contributed by atoms with Crippen LogP contribution in [-0.4, -0.2) is 55.0 Å². The highest BCUT2D eigenvalue weighted by Crippen LogP contribution is 2.22. The van der Waals surface area contributed by atoms with Gasteiger partial charge in [0, 0.05) is 44.7 Å². The molecule has 0 radical (unpaired) electrons. The Bertz CT molecular complexity index is 577. The number of hydrogen-bond donors (Lipinski definition) is 0. The number of hydrogen-bond acceptors (Lipinski definition) is 3. The highest BCUT2D eigenvalue weighted by atomic mass is 35.5. The largest absolute Gasteiger partial charge is 0.383 e. The lowest BCUT2D eigenvalue weighted by Gasteiger charge is -2.35. The number of nitrogens with zero attached hydrogens (tertiary/aromatic N) is 2. The topological polar surface area (TPSA) is 49.9 Å². The molecule has 1 saturated heterocycles. The average molecular weight is 367 g/mol. The molecule has 1 aromatic rings. The second kappa shape index (κ2) is 9.78. The molecule has 25 heavy (non-hydrogen) atoms. The minimum Gasteiger partial charge on any atom is -0.383 e. The third kappa shape index (κ3) is 5.72. The molecule has 1 aromatic carbocycles. The summed E-state index contributed by atoms with van der Waals surface area (Å²) in [6.45, 7) is 4.92. The van der Waals surface area contributed by atoms with Crippen LogP contribution in [-0.2, 0) is 20.9 Å². The van der Waals surface area contributed by atoms with Gasteiger partial charge in [-0.1, -0.05) is 30.7 Å². The van der Waals surface area contributed by atoms with Gasteiger partial charge < -0.3 is 14.5 Å². The molecule has 2 rings (SSSR count). The summed E-state index contributed by atoms with van der Waals surface area (Å²) >= 11 is 5.91. The van der Waals surface area contributed by atoms with E-state index in [2.05, 4.69) is 6.92 Å². The van der Waals surface area contributed by atoms with E-state index in [0.29, 0.717) is 44.1 Å². The Balaban J connectivity index is 2.00. The number of halogens is 1. The normalized spacial score (nSPS) is 17.6. The zero-order valence-electron chi connectivity index (χ0n) is 15.0. The molecule has 1 atom stereocenters. The number of carbonyl (C=O) groups excluding carboxylic acids is 2. The molecule has 0 unspecified atom stereocenters. The zero-order valence-corrected chi connectivity index (χ0v) is 15.8. The van der Waals surface area contributed by atoms with Crippen molar-refractivity contribution < 1.29 is 14.3 Å². The van der Waals surface area contributed by atoms with Gasteiger partial charge in [-0.3, -0.25) is 9.59 Å². The van der Waals surface area contributed by atoms with Crippen LogP contribution in [0.15, 0.2) is 24.3 Å². The van der Waals surface area contributed by atoms with E-state index in [1.807, 2.05) is 29.2 Å². The molecular weight excluding hydrogens is 340 g/mol. The number of ether oxygens (including phenoxy) is 1. The van der Waals surface area contributed by atoms with Gasteiger partial charge in [-0.2, -0.15) is 0 Å². The van der Waals surface area contributed by atoms with E-state index in [0.717, 1.165) is 18.5 Å². The molecule has 2 amide bonds. The fraction of sp³-hybridized carbons (Fsp3) is 0.579. The van der Waals surface area contributed by atoms with E-state index >= 15 is 0 Å². The summed E-state index contributed by atoms with van der Waals surface area (Å²) in [7, 11) is 1.64. The van der Waals surface area contributed by atoms with E-state index in [9.17, 15) is 9.59 Å². The second-order valence-corrected chi connectivity index (χ2v) is 6.89. The van der Waals surface area contributed by atoms with Gasteiger partial charge in [-0.15, -0.1) is 0 Å². The van der Waals surface area contributed by atoms with Gasteiger partial charge in [0.2, 0.25) is 11.8 Å².